The number of halogens is 1. The van der Waals surface area contributed by atoms with Crippen molar-refractivity contribution in [3.05, 3.63) is 70.7 Å². The molecule has 1 unspecified atom stereocenters. The maximum Gasteiger partial charge on any atom is 0.0408 e. The van der Waals surface area contributed by atoms with Crippen molar-refractivity contribution >= 4 is 11.6 Å². The molecule has 2 heteroatoms. The molecule has 0 aliphatic carbocycles. The Kier molecular flexibility index (Phi) is 6.10. The quantitative estimate of drug-likeness (QED) is 0.730. The first-order chi connectivity index (χ1) is 9.79. The van der Waals surface area contributed by atoms with Gasteiger partial charge in [0.1, 0.15) is 0 Å². The molecule has 1 nitrogen and oxygen atoms in total. The molecule has 106 valence electrons. The summed E-state index contributed by atoms with van der Waals surface area (Å²) in [6.45, 7) is 4.27. The summed E-state index contributed by atoms with van der Waals surface area (Å²) in [6.07, 6.45) is 2.18. The van der Waals surface area contributed by atoms with Gasteiger partial charge in [-0.1, -0.05) is 61.0 Å². The zero-order valence-electron chi connectivity index (χ0n) is 12.0. The Labute approximate surface area is 127 Å². The van der Waals surface area contributed by atoms with Gasteiger partial charge in [-0.25, -0.2) is 0 Å². The van der Waals surface area contributed by atoms with E-state index in [4.69, 9.17) is 11.6 Å². The minimum atomic E-state index is 0.487. The van der Waals surface area contributed by atoms with E-state index in [1.54, 1.807) is 0 Å². The van der Waals surface area contributed by atoms with Crippen molar-refractivity contribution in [3.8, 4) is 0 Å². The predicted octanol–water partition coefficient (Wildman–Crippen LogP) is 4.67. The largest absolute Gasteiger partial charge is 0.316 e. The molecule has 0 saturated heterocycles. The lowest BCUT2D eigenvalue weighted by Gasteiger charge is -2.18. The van der Waals surface area contributed by atoms with E-state index in [0.29, 0.717) is 5.92 Å². The molecule has 0 saturated carbocycles. The van der Waals surface area contributed by atoms with Crippen molar-refractivity contribution < 1.29 is 0 Å². The van der Waals surface area contributed by atoms with Crippen LogP contribution in [0.2, 0.25) is 5.02 Å². The van der Waals surface area contributed by atoms with E-state index >= 15 is 0 Å². The molecule has 0 fully saturated rings. The Morgan fingerprint density at radius 2 is 1.85 bits per heavy atom. The summed E-state index contributed by atoms with van der Waals surface area (Å²) < 4.78 is 0. The van der Waals surface area contributed by atoms with E-state index in [9.17, 15) is 0 Å². The number of hydrogen-bond donors (Lipinski definition) is 1. The second-order valence-corrected chi connectivity index (χ2v) is 5.58. The standard InChI is InChI=1S/C18H22ClN/c1-2-11-20-14-17(16-8-4-3-5-9-16)12-15-7-6-10-18(19)13-15/h3-10,13,17,20H,2,11-12,14H2,1H3. The van der Waals surface area contributed by atoms with Crippen LogP contribution >= 0.6 is 11.6 Å². The van der Waals surface area contributed by atoms with E-state index in [2.05, 4.69) is 54.7 Å². The average Bonchev–Trinajstić information content (AvgIpc) is 2.47. The van der Waals surface area contributed by atoms with Gasteiger partial charge in [-0.05, 0) is 42.6 Å². The zero-order valence-corrected chi connectivity index (χ0v) is 12.7. The zero-order chi connectivity index (χ0) is 14.2. The molecule has 2 aromatic carbocycles. The van der Waals surface area contributed by atoms with Crippen molar-refractivity contribution in [3.63, 3.8) is 0 Å². The van der Waals surface area contributed by atoms with E-state index in [1.807, 2.05) is 12.1 Å². The lowest BCUT2D eigenvalue weighted by molar-refractivity contribution is 0.576. The fourth-order valence-corrected chi connectivity index (χ4v) is 2.65. The maximum atomic E-state index is 6.09. The highest BCUT2D eigenvalue weighted by Gasteiger charge is 2.12. The summed E-state index contributed by atoms with van der Waals surface area (Å²) in [4.78, 5) is 0. The van der Waals surface area contributed by atoms with Crippen LogP contribution in [0.15, 0.2) is 54.6 Å². The molecule has 0 bridgehead atoms. The molecule has 0 radical (unpaired) electrons. The molecule has 0 aliphatic rings. The van der Waals surface area contributed by atoms with Gasteiger partial charge in [-0.15, -0.1) is 0 Å². The fourth-order valence-electron chi connectivity index (χ4n) is 2.43. The molecule has 0 spiro atoms. The highest BCUT2D eigenvalue weighted by atomic mass is 35.5. The van der Waals surface area contributed by atoms with Crippen LogP contribution in [0.3, 0.4) is 0 Å². The van der Waals surface area contributed by atoms with Crippen molar-refractivity contribution in [2.24, 2.45) is 0 Å². The summed E-state index contributed by atoms with van der Waals surface area (Å²) in [6, 6.07) is 18.9. The summed E-state index contributed by atoms with van der Waals surface area (Å²) in [5.41, 5.74) is 2.68. The summed E-state index contributed by atoms with van der Waals surface area (Å²) in [5.74, 6) is 0.487. The van der Waals surface area contributed by atoms with Gasteiger partial charge < -0.3 is 5.32 Å². The van der Waals surface area contributed by atoms with Crippen LogP contribution < -0.4 is 5.32 Å². The Hall–Kier alpha value is -1.31. The first-order valence-electron chi connectivity index (χ1n) is 7.29. The molecular weight excluding hydrogens is 266 g/mol. The highest BCUT2D eigenvalue weighted by molar-refractivity contribution is 6.30. The van der Waals surface area contributed by atoms with Gasteiger partial charge in [0.25, 0.3) is 0 Å². The van der Waals surface area contributed by atoms with Gasteiger partial charge in [0.15, 0.2) is 0 Å². The summed E-state index contributed by atoms with van der Waals surface area (Å²) in [7, 11) is 0. The molecule has 1 N–H and O–H groups in total. The first kappa shape index (κ1) is 15.1. The number of hydrogen-bond acceptors (Lipinski definition) is 1. The summed E-state index contributed by atoms with van der Waals surface area (Å²) >= 11 is 6.09. The number of benzene rings is 2. The summed E-state index contributed by atoms with van der Waals surface area (Å²) in [5, 5.41) is 4.35. The van der Waals surface area contributed by atoms with Gasteiger partial charge in [0.2, 0.25) is 0 Å². The van der Waals surface area contributed by atoms with Gasteiger partial charge >= 0.3 is 0 Å². The third kappa shape index (κ3) is 4.66. The molecule has 1 atom stereocenters. The molecule has 20 heavy (non-hydrogen) atoms. The van der Waals surface area contributed by atoms with Gasteiger partial charge in [0, 0.05) is 17.5 Å². The predicted molar refractivity (Wildman–Crippen MR) is 87.5 cm³/mol. The van der Waals surface area contributed by atoms with Crippen LogP contribution in [0.4, 0.5) is 0 Å². The lowest BCUT2D eigenvalue weighted by Crippen LogP contribution is -2.23. The maximum absolute atomic E-state index is 6.09. The van der Waals surface area contributed by atoms with Crippen molar-refractivity contribution in [1.29, 1.82) is 0 Å². The van der Waals surface area contributed by atoms with E-state index in [0.717, 1.165) is 24.5 Å². The number of rotatable bonds is 7. The second kappa shape index (κ2) is 8.08. The van der Waals surface area contributed by atoms with E-state index < -0.39 is 0 Å². The minimum Gasteiger partial charge on any atom is -0.316 e. The molecule has 0 heterocycles. The molecule has 0 amide bonds. The Morgan fingerprint density at radius 3 is 2.55 bits per heavy atom. The molecule has 0 aliphatic heterocycles. The van der Waals surface area contributed by atoms with Crippen molar-refractivity contribution in [1.82, 2.24) is 5.32 Å². The first-order valence-corrected chi connectivity index (χ1v) is 7.67. The average molecular weight is 288 g/mol. The Morgan fingerprint density at radius 1 is 1.05 bits per heavy atom. The topological polar surface area (TPSA) is 12.0 Å². The smallest absolute Gasteiger partial charge is 0.0408 e. The number of nitrogens with one attached hydrogen (secondary N) is 1. The van der Waals surface area contributed by atoms with Crippen LogP contribution in [0.25, 0.3) is 0 Å². The molecule has 2 rings (SSSR count). The monoisotopic (exact) mass is 287 g/mol. The third-order valence-corrected chi connectivity index (χ3v) is 3.69. The minimum absolute atomic E-state index is 0.487. The Bertz CT molecular complexity index is 510. The second-order valence-electron chi connectivity index (χ2n) is 5.15. The van der Waals surface area contributed by atoms with Crippen LogP contribution in [0, 0.1) is 0 Å². The van der Waals surface area contributed by atoms with Gasteiger partial charge in [-0.3, -0.25) is 0 Å². The lowest BCUT2D eigenvalue weighted by atomic mass is 9.92. The molecule has 2 aromatic rings. The van der Waals surface area contributed by atoms with Gasteiger partial charge in [-0.2, -0.15) is 0 Å². The third-order valence-electron chi connectivity index (χ3n) is 3.46. The van der Waals surface area contributed by atoms with Crippen molar-refractivity contribution in [2.75, 3.05) is 13.1 Å². The van der Waals surface area contributed by atoms with Crippen LogP contribution in [0.1, 0.15) is 30.4 Å². The van der Waals surface area contributed by atoms with Crippen LogP contribution in [0.5, 0.6) is 0 Å². The van der Waals surface area contributed by atoms with Crippen LogP contribution in [-0.2, 0) is 6.42 Å². The van der Waals surface area contributed by atoms with E-state index in [-0.39, 0.29) is 0 Å². The van der Waals surface area contributed by atoms with Gasteiger partial charge in [0.05, 0.1) is 0 Å². The normalized spacial score (nSPS) is 12.3. The molecular formula is C18H22ClN. The van der Waals surface area contributed by atoms with E-state index in [1.165, 1.54) is 17.5 Å². The van der Waals surface area contributed by atoms with Crippen LogP contribution in [-0.4, -0.2) is 13.1 Å². The molecule has 0 aromatic heterocycles. The SMILES string of the molecule is CCCNCC(Cc1cccc(Cl)c1)c1ccccc1. The van der Waals surface area contributed by atoms with Crippen molar-refractivity contribution in [2.45, 2.75) is 25.7 Å². The highest BCUT2D eigenvalue weighted by Crippen LogP contribution is 2.22. The Balaban J connectivity index is 2.10. The fraction of sp³-hybridized carbons (Fsp3) is 0.333.